The lowest BCUT2D eigenvalue weighted by Crippen LogP contribution is -2.51. The van der Waals surface area contributed by atoms with Crippen LogP contribution in [0.2, 0.25) is 0 Å². The van der Waals surface area contributed by atoms with Crippen LogP contribution in [0.5, 0.6) is 0 Å². The van der Waals surface area contributed by atoms with Gasteiger partial charge in [-0.15, -0.1) is 11.3 Å². The Morgan fingerprint density at radius 1 is 1.56 bits per heavy atom. The number of piperidine rings is 1. The molecule has 7 heteroatoms. The topological polar surface area (TPSA) is 82.5 Å². The molecule has 6 nitrogen and oxygen atoms in total. The van der Waals surface area contributed by atoms with Gasteiger partial charge >= 0.3 is 12.0 Å². The van der Waals surface area contributed by atoms with Gasteiger partial charge in [-0.25, -0.2) is 9.59 Å². The maximum absolute atomic E-state index is 11.9. The third-order valence-corrected chi connectivity index (χ3v) is 3.73. The average molecular weight is 269 g/mol. The lowest BCUT2D eigenvalue weighted by Gasteiger charge is -2.32. The normalized spacial score (nSPS) is 19.6. The number of thiazole rings is 1. The number of hydrogen-bond donors (Lipinski definition) is 2. The number of rotatable bonds is 3. The Kier molecular flexibility index (Phi) is 4.14. The van der Waals surface area contributed by atoms with E-state index in [-0.39, 0.29) is 6.03 Å². The molecule has 0 aromatic carbocycles. The summed E-state index contributed by atoms with van der Waals surface area (Å²) in [5.41, 5.74) is 1.70. The number of urea groups is 1. The van der Waals surface area contributed by atoms with Crippen molar-refractivity contribution in [1.82, 2.24) is 15.2 Å². The van der Waals surface area contributed by atoms with Crippen molar-refractivity contribution in [3.63, 3.8) is 0 Å². The van der Waals surface area contributed by atoms with Gasteiger partial charge in [0.1, 0.15) is 6.04 Å². The van der Waals surface area contributed by atoms with Crippen LogP contribution in [0.1, 0.15) is 24.1 Å². The van der Waals surface area contributed by atoms with Gasteiger partial charge < -0.3 is 15.3 Å². The predicted molar refractivity (Wildman–Crippen MR) is 66.3 cm³/mol. The molecule has 0 aliphatic carbocycles. The summed E-state index contributed by atoms with van der Waals surface area (Å²) in [5, 5.41) is 11.8. The summed E-state index contributed by atoms with van der Waals surface area (Å²) in [4.78, 5) is 29.3. The Labute approximate surface area is 109 Å². The van der Waals surface area contributed by atoms with Gasteiger partial charge in [0.05, 0.1) is 12.1 Å². The second-order valence-electron chi connectivity index (χ2n) is 4.17. The standard InChI is InChI=1S/C11H15N3O3S/c15-10(16)9-3-1-2-4-14(9)11(17)13-6-8-5-12-7-18-8/h5,7,9H,1-4,6H2,(H,13,17)(H,15,16). The molecule has 1 unspecified atom stereocenters. The van der Waals surface area contributed by atoms with Crippen molar-refractivity contribution < 1.29 is 14.7 Å². The van der Waals surface area contributed by atoms with Crippen molar-refractivity contribution in [3.05, 3.63) is 16.6 Å². The monoisotopic (exact) mass is 269 g/mol. The highest BCUT2D eigenvalue weighted by atomic mass is 32.1. The van der Waals surface area contributed by atoms with Crippen molar-refractivity contribution in [3.8, 4) is 0 Å². The lowest BCUT2D eigenvalue weighted by molar-refractivity contribution is -0.143. The fourth-order valence-corrected chi connectivity index (χ4v) is 2.56. The molecule has 0 radical (unpaired) electrons. The molecule has 1 aromatic heterocycles. The number of carbonyl (C=O) groups excluding carboxylic acids is 1. The zero-order valence-electron chi connectivity index (χ0n) is 9.83. The lowest BCUT2D eigenvalue weighted by atomic mass is 10.0. The minimum Gasteiger partial charge on any atom is -0.480 e. The number of nitrogens with zero attached hydrogens (tertiary/aromatic N) is 2. The van der Waals surface area contributed by atoms with Gasteiger partial charge in [-0.2, -0.15) is 0 Å². The molecule has 2 amide bonds. The molecule has 1 aromatic rings. The molecule has 1 atom stereocenters. The van der Waals surface area contributed by atoms with Gasteiger partial charge in [0.25, 0.3) is 0 Å². The number of amides is 2. The van der Waals surface area contributed by atoms with E-state index in [9.17, 15) is 9.59 Å². The van der Waals surface area contributed by atoms with Gasteiger partial charge in [0.15, 0.2) is 0 Å². The van der Waals surface area contributed by atoms with Crippen molar-refractivity contribution in [2.24, 2.45) is 0 Å². The summed E-state index contributed by atoms with van der Waals surface area (Å²) >= 11 is 1.46. The van der Waals surface area contributed by atoms with Crippen LogP contribution in [-0.4, -0.2) is 39.6 Å². The van der Waals surface area contributed by atoms with Gasteiger partial charge in [-0.05, 0) is 19.3 Å². The molecule has 98 valence electrons. The summed E-state index contributed by atoms with van der Waals surface area (Å²) in [5.74, 6) is -0.928. The summed E-state index contributed by atoms with van der Waals surface area (Å²) in [7, 11) is 0. The number of carbonyl (C=O) groups is 2. The highest BCUT2D eigenvalue weighted by Crippen LogP contribution is 2.17. The molecule has 2 rings (SSSR count). The molecule has 1 aliphatic heterocycles. The fourth-order valence-electron chi connectivity index (χ4n) is 2.03. The molecule has 2 heterocycles. The van der Waals surface area contributed by atoms with Crippen LogP contribution < -0.4 is 5.32 Å². The van der Waals surface area contributed by atoms with E-state index in [1.165, 1.54) is 16.2 Å². The van der Waals surface area contributed by atoms with Gasteiger partial charge in [0, 0.05) is 17.6 Å². The van der Waals surface area contributed by atoms with E-state index in [0.717, 1.165) is 17.7 Å². The Balaban J connectivity index is 1.92. The molecule has 18 heavy (non-hydrogen) atoms. The van der Waals surface area contributed by atoms with Crippen LogP contribution >= 0.6 is 11.3 Å². The third-order valence-electron chi connectivity index (χ3n) is 2.95. The average Bonchev–Trinajstić information content (AvgIpc) is 2.89. The SMILES string of the molecule is O=C(O)C1CCCCN1C(=O)NCc1cncs1. The molecule has 0 bridgehead atoms. The van der Waals surface area contributed by atoms with E-state index in [2.05, 4.69) is 10.3 Å². The maximum atomic E-state index is 11.9. The minimum absolute atomic E-state index is 0.310. The van der Waals surface area contributed by atoms with Crippen LogP contribution in [0, 0.1) is 0 Å². The fraction of sp³-hybridized carbons (Fsp3) is 0.545. The first-order chi connectivity index (χ1) is 8.68. The first-order valence-corrected chi connectivity index (χ1v) is 6.71. The molecule has 0 saturated carbocycles. The molecule has 2 N–H and O–H groups in total. The quantitative estimate of drug-likeness (QED) is 0.866. The second kappa shape index (κ2) is 5.81. The molecule has 1 fully saturated rings. The first kappa shape index (κ1) is 12.8. The highest BCUT2D eigenvalue weighted by Gasteiger charge is 2.31. The summed E-state index contributed by atoms with van der Waals surface area (Å²) < 4.78 is 0. The third kappa shape index (κ3) is 2.98. The number of nitrogens with one attached hydrogen (secondary N) is 1. The zero-order chi connectivity index (χ0) is 13.0. The van der Waals surface area contributed by atoms with Crippen molar-refractivity contribution in [1.29, 1.82) is 0 Å². The summed E-state index contributed by atoms with van der Waals surface area (Å²) in [6, 6.07) is -1.00. The largest absolute Gasteiger partial charge is 0.480 e. The number of carboxylic acid groups (broad SMARTS) is 1. The first-order valence-electron chi connectivity index (χ1n) is 5.83. The number of aliphatic carboxylic acids is 1. The molecule has 0 spiro atoms. The van der Waals surface area contributed by atoms with Crippen LogP contribution in [0.15, 0.2) is 11.7 Å². The highest BCUT2D eigenvalue weighted by molar-refractivity contribution is 7.09. The van der Waals surface area contributed by atoms with Gasteiger partial charge in [0.2, 0.25) is 0 Å². The number of carboxylic acids is 1. The molecule has 1 aliphatic rings. The van der Waals surface area contributed by atoms with E-state index in [1.54, 1.807) is 11.7 Å². The van der Waals surface area contributed by atoms with Gasteiger partial charge in [-0.1, -0.05) is 0 Å². The Bertz CT molecular complexity index is 421. The molecule has 1 saturated heterocycles. The Morgan fingerprint density at radius 3 is 3.06 bits per heavy atom. The Morgan fingerprint density at radius 2 is 2.39 bits per heavy atom. The second-order valence-corrected chi connectivity index (χ2v) is 5.14. The van der Waals surface area contributed by atoms with Crippen LogP contribution in [-0.2, 0) is 11.3 Å². The van der Waals surface area contributed by atoms with Crippen molar-refractivity contribution >= 4 is 23.3 Å². The van der Waals surface area contributed by atoms with Crippen LogP contribution in [0.3, 0.4) is 0 Å². The number of hydrogen-bond acceptors (Lipinski definition) is 4. The number of likely N-dealkylation sites (tertiary alicyclic amines) is 1. The molecular weight excluding hydrogens is 254 g/mol. The van der Waals surface area contributed by atoms with Crippen molar-refractivity contribution in [2.45, 2.75) is 31.8 Å². The smallest absolute Gasteiger partial charge is 0.326 e. The molecular formula is C11H15N3O3S. The predicted octanol–water partition coefficient (Wildman–Crippen LogP) is 1.29. The van der Waals surface area contributed by atoms with E-state index in [1.807, 2.05) is 0 Å². The Hall–Kier alpha value is -1.63. The summed E-state index contributed by atoms with van der Waals surface area (Å²) in [6.45, 7) is 0.901. The zero-order valence-corrected chi connectivity index (χ0v) is 10.7. The van der Waals surface area contributed by atoms with Crippen molar-refractivity contribution in [2.75, 3.05) is 6.54 Å². The van der Waals surface area contributed by atoms with E-state index < -0.39 is 12.0 Å². The van der Waals surface area contributed by atoms with Crippen LogP contribution in [0.4, 0.5) is 4.79 Å². The maximum Gasteiger partial charge on any atom is 0.326 e. The van der Waals surface area contributed by atoms with E-state index >= 15 is 0 Å². The minimum atomic E-state index is -0.928. The van der Waals surface area contributed by atoms with Crippen LogP contribution in [0.25, 0.3) is 0 Å². The van der Waals surface area contributed by atoms with Gasteiger partial charge in [-0.3, -0.25) is 4.98 Å². The number of aromatic nitrogens is 1. The van der Waals surface area contributed by atoms with E-state index in [0.29, 0.717) is 19.5 Å². The summed E-state index contributed by atoms with van der Waals surface area (Å²) in [6.07, 6.45) is 3.94. The van der Waals surface area contributed by atoms with E-state index in [4.69, 9.17) is 5.11 Å².